The largest absolute Gasteiger partial charge is 0.476 e. The van der Waals surface area contributed by atoms with Crippen LogP contribution >= 0.6 is 11.3 Å². The standard InChI is InChI=1S/C11H9N3O6S2/c1-22(19,20)13(10-9(11(15)16)12-6-21-10)7-4-2-3-5-8(7)14(17)18/h2-6H,1H3,(H,15,16). The summed E-state index contributed by atoms with van der Waals surface area (Å²) in [7, 11) is -4.02. The maximum atomic E-state index is 12.1. The molecule has 22 heavy (non-hydrogen) atoms. The van der Waals surface area contributed by atoms with E-state index in [0.29, 0.717) is 4.31 Å². The zero-order valence-electron chi connectivity index (χ0n) is 11.0. The molecule has 2 aromatic rings. The van der Waals surface area contributed by atoms with E-state index in [2.05, 4.69) is 4.98 Å². The first kappa shape index (κ1) is 15.9. The Morgan fingerprint density at radius 3 is 2.59 bits per heavy atom. The molecule has 0 aliphatic heterocycles. The molecule has 0 radical (unpaired) electrons. The maximum absolute atomic E-state index is 12.1. The first-order valence-electron chi connectivity index (χ1n) is 5.64. The Kier molecular flexibility index (Phi) is 4.10. The van der Waals surface area contributed by atoms with Crippen molar-refractivity contribution in [1.29, 1.82) is 0 Å². The van der Waals surface area contributed by atoms with Gasteiger partial charge in [-0.2, -0.15) is 0 Å². The number of anilines is 2. The van der Waals surface area contributed by atoms with Crippen molar-refractivity contribution < 1.29 is 23.2 Å². The predicted octanol–water partition coefficient (Wildman–Crippen LogP) is 1.85. The lowest BCUT2D eigenvalue weighted by atomic mass is 10.2. The van der Waals surface area contributed by atoms with Crippen LogP contribution in [0.1, 0.15) is 10.5 Å². The summed E-state index contributed by atoms with van der Waals surface area (Å²) < 4.78 is 24.8. The summed E-state index contributed by atoms with van der Waals surface area (Å²) in [6.45, 7) is 0. The van der Waals surface area contributed by atoms with Gasteiger partial charge in [0.05, 0.1) is 16.7 Å². The lowest BCUT2D eigenvalue weighted by Gasteiger charge is -2.20. The number of rotatable bonds is 5. The number of para-hydroxylation sites is 2. The van der Waals surface area contributed by atoms with Gasteiger partial charge in [0, 0.05) is 6.07 Å². The van der Waals surface area contributed by atoms with Gasteiger partial charge in [0.25, 0.3) is 5.69 Å². The second-order valence-electron chi connectivity index (χ2n) is 4.08. The summed E-state index contributed by atoms with van der Waals surface area (Å²) in [5, 5.41) is 20.0. The van der Waals surface area contributed by atoms with Gasteiger partial charge in [-0.1, -0.05) is 12.1 Å². The van der Waals surface area contributed by atoms with Gasteiger partial charge in [0.1, 0.15) is 10.7 Å². The summed E-state index contributed by atoms with van der Waals surface area (Å²) in [5.41, 5.74) is -0.0425. The summed E-state index contributed by atoms with van der Waals surface area (Å²) >= 11 is 0.760. The van der Waals surface area contributed by atoms with Crippen molar-refractivity contribution in [2.75, 3.05) is 10.6 Å². The number of nitrogens with zero attached hydrogens (tertiary/aromatic N) is 3. The molecule has 0 bridgehead atoms. The van der Waals surface area contributed by atoms with Crippen molar-refractivity contribution in [1.82, 2.24) is 4.98 Å². The second kappa shape index (κ2) is 5.69. The minimum absolute atomic E-state index is 0.218. The third kappa shape index (κ3) is 2.89. The van der Waals surface area contributed by atoms with Crippen molar-refractivity contribution in [3.05, 3.63) is 45.6 Å². The molecule has 0 unspecified atom stereocenters. The molecule has 0 atom stereocenters. The lowest BCUT2D eigenvalue weighted by Crippen LogP contribution is -2.26. The number of nitro benzene ring substituents is 1. The van der Waals surface area contributed by atoms with Crippen LogP contribution in [0.25, 0.3) is 0 Å². The highest BCUT2D eigenvalue weighted by atomic mass is 32.2. The van der Waals surface area contributed by atoms with Gasteiger partial charge in [0.15, 0.2) is 5.69 Å². The van der Waals surface area contributed by atoms with E-state index < -0.39 is 32.3 Å². The third-order valence-electron chi connectivity index (χ3n) is 2.56. The Bertz CT molecular complexity index is 845. The molecule has 1 aromatic heterocycles. The highest BCUT2D eigenvalue weighted by Crippen LogP contribution is 2.39. The number of aromatic nitrogens is 1. The number of aromatic carboxylic acids is 1. The molecule has 116 valence electrons. The topological polar surface area (TPSA) is 131 Å². The number of sulfonamides is 1. The van der Waals surface area contributed by atoms with Gasteiger partial charge in [0.2, 0.25) is 10.0 Å². The van der Waals surface area contributed by atoms with Crippen LogP contribution in [0.2, 0.25) is 0 Å². The Hall–Kier alpha value is -2.53. The number of carbonyl (C=O) groups is 1. The first-order valence-corrected chi connectivity index (χ1v) is 8.36. The van der Waals surface area contributed by atoms with E-state index >= 15 is 0 Å². The number of hydrogen-bond donors (Lipinski definition) is 1. The molecule has 1 N–H and O–H groups in total. The zero-order chi connectivity index (χ0) is 16.5. The Labute approximate surface area is 128 Å². The number of hydrogen-bond acceptors (Lipinski definition) is 7. The summed E-state index contributed by atoms with van der Waals surface area (Å²) in [6, 6.07) is 5.16. The number of benzene rings is 1. The van der Waals surface area contributed by atoms with E-state index in [9.17, 15) is 23.3 Å². The van der Waals surface area contributed by atoms with Gasteiger partial charge in [-0.3, -0.25) is 10.1 Å². The summed E-state index contributed by atoms with van der Waals surface area (Å²) in [4.78, 5) is 25.1. The van der Waals surface area contributed by atoms with Gasteiger partial charge in [-0.05, 0) is 6.07 Å². The van der Waals surface area contributed by atoms with E-state index in [1.807, 2.05) is 0 Å². The molecule has 0 aliphatic rings. The van der Waals surface area contributed by atoms with Crippen molar-refractivity contribution in [2.45, 2.75) is 0 Å². The highest BCUT2D eigenvalue weighted by Gasteiger charge is 2.32. The number of thiazole rings is 1. The SMILES string of the molecule is CS(=O)(=O)N(c1ccccc1[N+](=O)[O-])c1scnc1C(=O)O. The molecule has 0 saturated carbocycles. The molecule has 0 spiro atoms. The average Bonchev–Trinajstić information content (AvgIpc) is 2.86. The lowest BCUT2D eigenvalue weighted by molar-refractivity contribution is -0.384. The van der Waals surface area contributed by atoms with Crippen LogP contribution in [0, 0.1) is 10.1 Å². The van der Waals surface area contributed by atoms with Gasteiger partial charge >= 0.3 is 5.97 Å². The minimum Gasteiger partial charge on any atom is -0.476 e. The molecule has 0 saturated heterocycles. The van der Waals surface area contributed by atoms with Crippen LogP contribution in [0.15, 0.2) is 29.8 Å². The average molecular weight is 343 g/mol. The molecule has 2 rings (SSSR count). The number of nitro groups is 1. The zero-order valence-corrected chi connectivity index (χ0v) is 12.7. The monoisotopic (exact) mass is 343 g/mol. The first-order chi connectivity index (χ1) is 10.2. The van der Waals surface area contributed by atoms with E-state index in [4.69, 9.17) is 5.11 Å². The normalized spacial score (nSPS) is 11.1. The molecular formula is C11H9N3O6S2. The third-order valence-corrected chi connectivity index (χ3v) is 4.53. The molecule has 11 heteroatoms. The Morgan fingerprint density at radius 1 is 1.41 bits per heavy atom. The Morgan fingerprint density at radius 2 is 2.05 bits per heavy atom. The van der Waals surface area contributed by atoms with E-state index in [0.717, 1.165) is 29.2 Å². The minimum atomic E-state index is -4.02. The van der Waals surface area contributed by atoms with E-state index in [1.54, 1.807) is 0 Å². The smallest absolute Gasteiger partial charge is 0.357 e. The van der Waals surface area contributed by atoms with Crippen LogP contribution in [0.4, 0.5) is 16.4 Å². The van der Waals surface area contributed by atoms with E-state index in [-0.39, 0.29) is 10.7 Å². The Balaban J connectivity index is 2.76. The molecule has 0 fully saturated rings. The van der Waals surface area contributed by atoms with Crippen molar-refractivity contribution in [3.8, 4) is 0 Å². The fourth-order valence-electron chi connectivity index (χ4n) is 1.76. The van der Waals surface area contributed by atoms with Crippen molar-refractivity contribution >= 4 is 43.7 Å². The number of carboxylic acid groups (broad SMARTS) is 1. The van der Waals surface area contributed by atoms with Crippen LogP contribution < -0.4 is 4.31 Å². The highest BCUT2D eigenvalue weighted by molar-refractivity contribution is 7.92. The van der Waals surface area contributed by atoms with Gasteiger partial charge in [-0.25, -0.2) is 22.5 Å². The van der Waals surface area contributed by atoms with Gasteiger partial charge < -0.3 is 5.11 Å². The van der Waals surface area contributed by atoms with Crippen LogP contribution in [0.3, 0.4) is 0 Å². The van der Waals surface area contributed by atoms with Crippen molar-refractivity contribution in [2.24, 2.45) is 0 Å². The molecule has 0 amide bonds. The fourth-order valence-corrected chi connectivity index (χ4v) is 3.90. The van der Waals surface area contributed by atoms with Crippen LogP contribution in [0.5, 0.6) is 0 Å². The summed E-state index contributed by atoms with van der Waals surface area (Å²) in [5.74, 6) is -1.43. The fraction of sp³-hybridized carbons (Fsp3) is 0.0909. The van der Waals surface area contributed by atoms with Crippen LogP contribution in [-0.2, 0) is 10.0 Å². The van der Waals surface area contributed by atoms with E-state index in [1.165, 1.54) is 18.2 Å². The predicted molar refractivity (Wildman–Crippen MR) is 79.2 cm³/mol. The molecule has 9 nitrogen and oxygen atoms in total. The van der Waals surface area contributed by atoms with Crippen molar-refractivity contribution in [3.63, 3.8) is 0 Å². The maximum Gasteiger partial charge on any atom is 0.357 e. The quantitative estimate of drug-likeness (QED) is 0.647. The molecule has 1 aromatic carbocycles. The van der Waals surface area contributed by atoms with Crippen LogP contribution in [-0.4, -0.2) is 35.7 Å². The molecular weight excluding hydrogens is 334 g/mol. The molecule has 0 aliphatic carbocycles. The second-order valence-corrected chi connectivity index (χ2v) is 6.75. The number of carboxylic acids is 1. The van der Waals surface area contributed by atoms with Gasteiger partial charge in [-0.15, -0.1) is 11.3 Å². The summed E-state index contributed by atoms with van der Waals surface area (Å²) in [6.07, 6.45) is 0.828. The molecule has 1 heterocycles.